The Hall–Kier alpha value is -0.530. The smallest absolute Gasteiger partial charge is 0.239 e. The fourth-order valence-electron chi connectivity index (χ4n) is 1.56. The summed E-state index contributed by atoms with van der Waals surface area (Å²) in [6, 6.07) is 0. The Morgan fingerprint density at radius 2 is 2.24 bits per heavy atom. The van der Waals surface area contributed by atoms with Crippen molar-refractivity contribution in [3.63, 3.8) is 0 Å². The summed E-state index contributed by atoms with van der Waals surface area (Å²) in [7, 11) is 0. The van der Waals surface area contributed by atoms with Crippen LogP contribution in [0.5, 0.6) is 0 Å². The first kappa shape index (κ1) is 14.5. The predicted octanol–water partition coefficient (Wildman–Crippen LogP) is 2.94. The van der Waals surface area contributed by atoms with Crippen LogP contribution in [0.2, 0.25) is 0 Å². The van der Waals surface area contributed by atoms with Gasteiger partial charge in [0.1, 0.15) is 0 Å². The van der Waals surface area contributed by atoms with Gasteiger partial charge in [0.2, 0.25) is 5.91 Å². The molecule has 0 aliphatic heterocycles. The summed E-state index contributed by atoms with van der Waals surface area (Å²) < 4.78 is 0.863. The summed E-state index contributed by atoms with van der Waals surface area (Å²) in [6.45, 7) is 3.81. The zero-order valence-corrected chi connectivity index (χ0v) is 12.8. The van der Waals surface area contributed by atoms with E-state index in [1.807, 2.05) is 13.8 Å². The number of carbonyl (C=O) groups excluding carboxylic acids is 1. The summed E-state index contributed by atoms with van der Waals surface area (Å²) >= 11 is 9.66. The third-order valence-corrected chi connectivity index (χ3v) is 4.59. The van der Waals surface area contributed by atoms with Gasteiger partial charge in [0.25, 0.3) is 0 Å². The molecule has 1 aromatic rings. The number of rotatable bonds is 5. The number of carbonyl (C=O) groups is 1. The van der Waals surface area contributed by atoms with Crippen LogP contribution in [0.3, 0.4) is 0 Å². The third kappa shape index (κ3) is 3.02. The van der Waals surface area contributed by atoms with E-state index in [0.717, 1.165) is 3.79 Å². The molecule has 3 N–H and O–H groups in total. The minimum atomic E-state index is -0.784. The van der Waals surface area contributed by atoms with Gasteiger partial charge in [0.05, 0.1) is 20.4 Å². The van der Waals surface area contributed by atoms with Crippen LogP contribution in [0.15, 0.2) is 9.98 Å². The molecule has 4 nitrogen and oxygen atoms in total. The number of amides is 1. The minimum absolute atomic E-state index is 0.183. The van der Waals surface area contributed by atoms with Gasteiger partial charge in [-0.3, -0.25) is 4.79 Å². The second-order valence-electron chi connectivity index (χ2n) is 3.58. The normalized spacial score (nSPS) is 11.2. The number of halogens is 1. The van der Waals surface area contributed by atoms with Gasteiger partial charge in [-0.25, -0.2) is 4.98 Å². The highest BCUT2D eigenvalue weighted by Gasteiger charge is 2.38. The van der Waals surface area contributed by atoms with Crippen LogP contribution in [-0.2, 0) is 4.79 Å². The van der Waals surface area contributed by atoms with Crippen molar-refractivity contribution in [2.45, 2.75) is 26.7 Å². The maximum Gasteiger partial charge on any atom is 0.239 e. The van der Waals surface area contributed by atoms with Gasteiger partial charge in [0.15, 0.2) is 5.13 Å². The van der Waals surface area contributed by atoms with Crippen LogP contribution in [-0.4, -0.2) is 15.9 Å². The topological polar surface area (TPSA) is 68.0 Å². The van der Waals surface area contributed by atoms with Gasteiger partial charge >= 0.3 is 0 Å². The van der Waals surface area contributed by atoms with Gasteiger partial charge in [-0.1, -0.05) is 37.4 Å². The van der Waals surface area contributed by atoms with Crippen molar-refractivity contribution in [2.24, 2.45) is 11.1 Å². The summed E-state index contributed by atoms with van der Waals surface area (Å²) in [5, 5.41) is 3.30. The first-order valence-electron chi connectivity index (χ1n) is 5.19. The molecule has 1 rings (SSSR count). The fraction of sp³-hybridized carbons (Fsp3) is 0.500. The molecule has 0 saturated heterocycles. The molecule has 17 heavy (non-hydrogen) atoms. The van der Waals surface area contributed by atoms with Gasteiger partial charge in [-0.2, -0.15) is 0 Å². The number of nitrogens with one attached hydrogen (secondary N) is 1. The maximum absolute atomic E-state index is 12.2. The van der Waals surface area contributed by atoms with E-state index >= 15 is 0 Å². The molecule has 0 aromatic carbocycles. The number of thiazole rings is 1. The highest BCUT2D eigenvalue weighted by Crippen LogP contribution is 2.30. The van der Waals surface area contributed by atoms with Gasteiger partial charge in [-0.15, -0.1) is 0 Å². The number of thiocarbonyl (C=S) groups is 1. The van der Waals surface area contributed by atoms with E-state index in [1.165, 1.54) is 11.3 Å². The molecule has 1 heterocycles. The number of aromatic nitrogens is 1. The summed E-state index contributed by atoms with van der Waals surface area (Å²) in [4.78, 5) is 16.5. The molecule has 0 unspecified atom stereocenters. The molecule has 0 fully saturated rings. The number of anilines is 1. The highest BCUT2D eigenvalue weighted by molar-refractivity contribution is 9.11. The molecule has 0 spiro atoms. The van der Waals surface area contributed by atoms with E-state index in [1.54, 1.807) is 6.20 Å². The molecule has 0 radical (unpaired) electrons. The Morgan fingerprint density at radius 1 is 1.65 bits per heavy atom. The number of hydrogen-bond donors (Lipinski definition) is 2. The van der Waals surface area contributed by atoms with Crippen LogP contribution >= 0.6 is 39.5 Å². The summed E-state index contributed by atoms with van der Waals surface area (Å²) in [5.74, 6) is -0.183. The largest absolute Gasteiger partial charge is 0.392 e. The molecule has 0 atom stereocenters. The average molecular weight is 336 g/mol. The second-order valence-corrected chi connectivity index (χ2v) is 6.43. The molecular weight excluding hydrogens is 322 g/mol. The Morgan fingerprint density at radius 3 is 2.59 bits per heavy atom. The average Bonchev–Trinajstić information content (AvgIpc) is 2.66. The first-order chi connectivity index (χ1) is 7.96. The van der Waals surface area contributed by atoms with Crippen LogP contribution in [0.4, 0.5) is 5.13 Å². The van der Waals surface area contributed by atoms with Gasteiger partial charge in [0, 0.05) is 0 Å². The third-order valence-electron chi connectivity index (χ3n) is 2.81. The lowest BCUT2D eigenvalue weighted by molar-refractivity contribution is -0.122. The molecule has 1 amide bonds. The van der Waals surface area contributed by atoms with E-state index in [2.05, 4.69) is 26.2 Å². The summed E-state index contributed by atoms with van der Waals surface area (Å²) in [6.07, 6.45) is 2.80. The molecule has 7 heteroatoms. The Kier molecular flexibility index (Phi) is 5.03. The Labute approximate surface area is 118 Å². The SMILES string of the molecule is CCC(CC)(C(=O)Nc1ncc(Br)s1)C(N)=S. The van der Waals surface area contributed by atoms with E-state index in [4.69, 9.17) is 18.0 Å². The van der Waals surface area contributed by atoms with E-state index < -0.39 is 5.41 Å². The van der Waals surface area contributed by atoms with Gasteiger partial charge in [-0.05, 0) is 28.8 Å². The van der Waals surface area contributed by atoms with Crippen molar-refractivity contribution in [1.29, 1.82) is 0 Å². The standard InChI is InChI=1S/C10H14BrN3OS2/c1-3-10(4-2,7(12)16)8(15)14-9-13-5-6(11)17-9/h5H,3-4H2,1-2H3,(H2,12,16)(H,13,14,15). The summed E-state index contributed by atoms with van der Waals surface area (Å²) in [5.41, 5.74) is 4.91. The fourth-order valence-corrected chi connectivity index (χ4v) is 3.04. The molecule has 0 aliphatic rings. The van der Waals surface area contributed by atoms with Crippen molar-refractivity contribution in [3.8, 4) is 0 Å². The van der Waals surface area contributed by atoms with Crippen LogP contribution in [0, 0.1) is 5.41 Å². The molecule has 0 bridgehead atoms. The highest BCUT2D eigenvalue weighted by atomic mass is 79.9. The molecule has 0 aliphatic carbocycles. The number of hydrogen-bond acceptors (Lipinski definition) is 4. The van der Waals surface area contributed by atoms with Crippen molar-refractivity contribution < 1.29 is 4.79 Å². The lowest BCUT2D eigenvalue weighted by atomic mass is 9.81. The zero-order chi connectivity index (χ0) is 13.1. The lowest BCUT2D eigenvalue weighted by Crippen LogP contribution is -2.45. The maximum atomic E-state index is 12.2. The predicted molar refractivity (Wildman–Crippen MR) is 78.2 cm³/mol. The number of nitrogens with zero attached hydrogens (tertiary/aromatic N) is 1. The Balaban J connectivity index is 2.90. The molecule has 94 valence electrons. The first-order valence-corrected chi connectivity index (χ1v) is 7.20. The van der Waals surface area contributed by atoms with Crippen molar-refractivity contribution in [3.05, 3.63) is 9.98 Å². The van der Waals surface area contributed by atoms with Crippen LogP contribution in [0.25, 0.3) is 0 Å². The Bertz CT molecular complexity index is 429. The monoisotopic (exact) mass is 335 g/mol. The zero-order valence-electron chi connectivity index (χ0n) is 9.62. The molecule has 0 saturated carbocycles. The minimum Gasteiger partial charge on any atom is -0.392 e. The number of nitrogens with two attached hydrogens (primary N) is 1. The van der Waals surface area contributed by atoms with Crippen LogP contribution in [0.1, 0.15) is 26.7 Å². The second kappa shape index (κ2) is 5.88. The van der Waals surface area contributed by atoms with Crippen molar-refractivity contribution in [2.75, 3.05) is 5.32 Å². The van der Waals surface area contributed by atoms with E-state index in [-0.39, 0.29) is 10.9 Å². The molecular formula is C10H14BrN3OS2. The van der Waals surface area contributed by atoms with Crippen molar-refractivity contribution in [1.82, 2.24) is 4.98 Å². The van der Waals surface area contributed by atoms with Crippen molar-refractivity contribution >= 4 is 55.5 Å². The lowest BCUT2D eigenvalue weighted by Gasteiger charge is -2.28. The molecule has 1 aromatic heterocycles. The van der Waals surface area contributed by atoms with Gasteiger partial charge < -0.3 is 11.1 Å². The van der Waals surface area contributed by atoms with Crippen LogP contribution < -0.4 is 11.1 Å². The quantitative estimate of drug-likeness (QED) is 0.811. The van der Waals surface area contributed by atoms with E-state index in [9.17, 15) is 4.79 Å². The van der Waals surface area contributed by atoms with E-state index in [0.29, 0.717) is 18.0 Å².